The number of pyridine rings is 1. The van der Waals surface area contributed by atoms with E-state index in [0.29, 0.717) is 6.42 Å². The molecular formula is C11H18N4O. The average molecular weight is 222 g/mol. The highest BCUT2D eigenvalue weighted by Gasteiger charge is 2.04. The van der Waals surface area contributed by atoms with Gasteiger partial charge in [0.15, 0.2) is 0 Å². The summed E-state index contributed by atoms with van der Waals surface area (Å²) in [5.41, 5.74) is 6.38. The first-order chi connectivity index (χ1) is 7.74. The highest BCUT2D eigenvalue weighted by molar-refractivity contribution is 5.79. The maximum atomic E-state index is 8.35. The van der Waals surface area contributed by atoms with E-state index in [1.807, 2.05) is 18.2 Å². The van der Waals surface area contributed by atoms with Crippen LogP contribution in [0.3, 0.4) is 0 Å². The second kappa shape index (κ2) is 6.79. The van der Waals surface area contributed by atoms with Gasteiger partial charge in [-0.2, -0.15) is 0 Å². The maximum Gasteiger partial charge on any atom is 0.139 e. The SMILES string of the molecule is C[C@@H](NCCC/C(N)=N/O)c1ccccn1. The lowest BCUT2D eigenvalue weighted by Crippen LogP contribution is -2.22. The van der Waals surface area contributed by atoms with Crippen molar-refractivity contribution in [2.75, 3.05) is 6.54 Å². The minimum Gasteiger partial charge on any atom is -0.409 e. The van der Waals surface area contributed by atoms with Gasteiger partial charge in [-0.05, 0) is 32.0 Å². The van der Waals surface area contributed by atoms with Gasteiger partial charge in [0.25, 0.3) is 0 Å². The number of hydrogen-bond acceptors (Lipinski definition) is 4. The van der Waals surface area contributed by atoms with E-state index >= 15 is 0 Å². The van der Waals surface area contributed by atoms with Gasteiger partial charge in [0, 0.05) is 18.7 Å². The molecule has 5 heteroatoms. The first-order valence-corrected chi connectivity index (χ1v) is 5.34. The third kappa shape index (κ3) is 4.27. The molecule has 0 amide bonds. The summed E-state index contributed by atoms with van der Waals surface area (Å²) in [6.07, 6.45) is 3.22. The minimum absolute atomic E-state index is 0.216. The number of rotatable bonds is 6. The van der Waals surface area contributed by atoms with E-state index in [-0.39, 0.29) is 11.9 Å². The second-order valence-corrected chi connectivity index (χ2v) is 3.63. The molecule has 0 saturated heterocycles. The molecule has 0 radical (unpaired) electrons. The molecular weight excluding hydrogens is 204 g/mol. The van der Waals surface area contributed by atoms with E-state index in [0.717, 1.165) is 18.7 Å². The molecule has 0 aliphatic rings. The fourth-order valence-corrected chi connectivity index (χ4v) is 1.37. The van der Waals surface area contributed by atoms with E-state index in [4.69, 9.17) is 10.9 Å². The monoisotopic (exact) mass is 222 g/mol. The van der Waals surface area contributed by atoms with Gasteiger partial charge in [-0.15, -0.1) is 0 Å². The Morgan fingerprint density at radius 1 is 1.62 bits per heavy atom. The Labute approximate surface area is 95.4 Å². The standard InChI is InChI=1S/C11H18N4O/c1-9(10-5-2-3-7-14-10)13-8-4-6-11(12)15-16/h2-3,5,7,9,13,16H,4,6,8H2,1H3,(H2,12,15)/t9-/m1/s1. The van der Waals surface area contributed by atoms with Crippen molar-refractivity contribution in [2.24, 2.45) is 10.9 Å². The number of nitrogens with one attached hydrogen (secondary N) is 1. The molecule has 0 aliphatic heterocycles. The molecule has 1 atom stereocenters. The summed E-state index contributed by atoms with van der Waals surface area (Å²) in [4.78, 5) is 4.26. The zero-order valence-electron chi connectivity index (χ0n) is 9.43. The molecule has 4 N–H and O–H groups in total. The molecule has 0 saturated carbocycles. The number of oxime groups is 1. The van der Waals surface area contributed by atoms with Gasteiger partial charge in [0.1, 0.15) is 5.84 Å². The summed E-state index contributed by atoms with van der Waals surface area (Å²) in [6.45, 7) is 2.87. The van der Waals surface area contributed by atoms with Crippen LogP contribution in [0.5, 0.6) is 0 Å². The Kier molecular flexibility index (Phi) is 5.28. The van der Waals surface area contributed by atoms with E-state index in [1.54, 1.807) is 6.20 Å². The van der Waals surface area contributed by atoms with Crippen LogP contribution in [0.1, 0.15) is 31.5 Å². The highest BCUT2D eigenvalue weighted by atomic mass is 16.4. The Bertz CT molecular complexity index is 326. The van der Waals surface area contributed by atoms with Crippen molar-refractivity contribution in [2.45, 2.75) is 25.8 Å². The lowest BCUT2D eigenvalue weighted by Gasteiger charge is -2.12. The van der Waals surface area contributed by atoms with E-state index in [9.17, 15) is 0 Å². The average Bonchev–Trinajstić information content (AvgIpc) is 2.35. The zero-order chi connectivity index (χ0) is 11.8. The molecule has 1 heterocycles. The Morgan fingerprint density at radius 2 is 2.44 bits per heavy atom. The van der Waals surface area contributed by atoms with Gasteiger partial charge in [-0.3, -0.25) is 4.98 Å². The Morgan fingerprint density at radius 3 is 3.06 bits per heavy atom. The van der Waals surface area contributed by atoms with E-state index < -0.39 is 0 Å². The largest absolute Gasteiger partial charge is 0.409 e. The number of hydrogen-bond donors (Lipinski definition) is 3. The first kappa shape index (κ1) is 12.4. The van der Waals surface area contributed by atoms with Crippen LogP contribution in [-0.4, -0.2) is 22.6 Å². The first-order valence-electron chi connectivity index (χ1n) is 5.34. The van der Waals surface area contributed by atoms with E-state index in [2.05, 4.69) is 22.4 Å². The molecule has 0 unspecified atom stereocenters. The van der Waals surface area contributed by atoms with Crippen LogP contribution >= 0.6 is 0 Å². The fraction of sp³-hybridized carbons (Fsp3) is 0.455. The van der Waals surface area contributed by atoms with Crippen molar-refractivity contribution in [3.8, 4) is 0 Å². The molecule has 88 valence electrons. The number of nitrogens with zero attached hydrogens (tertiary/aromatic N) is 2. The van der Waals surface area contributed by atoms with Crippen molar-refractivity contribution >= 4 is 5.84 Å². The second-order valence-electron chi connectivity index (χ2n) is 3.63. The molecule has 1 aromatic heterocycles. The van der Waals surface area contributed by atoms with Gasteiger partial charge in [0.05, 0.1) is 5.69 Å². The number of nitrogens with two attached hydrogens (primary N) is 1. The number of aromatic nitrogens is 1. The quantitative estimate of drug-likeness (QED) is 0.222. The van der Waals surface area contributed by atoms with Gasteiger partial charge in [-0.25, -0.2) is 0 Å². The van der Waals surface area contributed by atoms with Crippen molar-refractivity contribution in [1.82, 2.24) is 10.3 Å². The zero-order valence-corrected chi connectivity index (χ0v) is 9.43. The Balaban J connectivity index is 2.23. The molecule has 1 rings (SSSR count). The third-order valence-electron chi connectivity index (χ3n) is 2.32. The van der Waals surface area contributed by atoms with Gasteiger partial charge < -0.3 is 16.3 Å². The molecule has 0 fully saturated rings. The normalized spacial score (nSPS) is 13.7. The van der Waals surface area contributed by atoms with Crippen LogP contribution < -0.4 is 11.1 Å². The molecule has 5 nitrogen and oxygen atoms in total. The topological polar surface area (TPSA) is 83.5 Å². The van der Waals surface area contributed by atoms with Crippen LogP contribution in [0.25, 0.3) is 0 Å². The molecule has 0 bridgehead atoms. The third-order valence-corrected chi connectivity index (χ3v) is 2.32. The summed E-state index contributed by atoms with van der Waals surface area (Å²) in [5, 5.41) is 14.6. The van der Waals surface area contributed by atoms with Crippen molar-refractivity contribution in [1.29, 1.82) is 0 Å². The van der Waals surface area contributed by atoms with Crippen LogP contribution in [0.4, 0.5) is 0 Å². The Hall–Kier alpha value is -1.62. The van der Waals surface area contributed by atoms with Crippen LogP contribution in [0.2, 0.25) is 0 Å². The lowest BCUT2D eigenvalue weighted by atomic mass is 10.2. The van der Waals surface area contributed by atoms with Gasteiger partial charge in [0.2, 0.25) is 0 Å². The lowest BCUT2D eigenvalue weighted by molar-refractivity contribution is 0.316. The van der Waals surface area contributed by atoms with Crippen LogP contribution in [0, 0.1) is 0 Å². The molecule has 0 aromatic carbocycles. The fourth-order valence-electron chi connectivity index (χ4n) is 1.37. The smallest absolute Gasteiger partial charge is 0.139 e. The number of amidine groups is 1. The summed E-state index contributed by atoms with van der Waals surface area (Å²) in [7, 11) is 0. The summed E-state index contributed by atoms with van der Waals surface area (Å²) >= 11 is 0. The van der Waals surface area contributed by atoms with Crippen molar-refractivity contribution in [3.05, 3.63) is 30.1 Å². The van der Waals surface area contributed by atoms with Crippen molar-refractivity contribution < 1.29 is 5.21 Å². The van der Waals surface area contributed by atoms with Gasteiger partial charge >= 0.3 is 0 Å². The maximum absolute atomic E-state index is 8.35. The van der Waals surface area contributed by atoms with Gasteiger partial charge in [-0.1, -0.05) is 11.2 Å². The summed E-state index contributed by atoms with van der Waals surface area (Å²) in [6, 6.07) is 6.07. The van der Waals surface area contributed by atoms with Crippen LogP contribution in [0.15, 0.2) is 29.6 Å². The molecule has 16 heavy (non-hydrogen) atoms. The van der Waals surface area contributed by atoms with E-state index in [1.165, 1.54) is 0 Å². The van der Waals surface area contributed by atoms with Crippen molar-refractivity contribution in [3.63, 3.8) is 0 Å². The molecule has 0 spiro atoms. The molecule has 0 aliphatic carbocycles. The minimum atomic E-state index is 0.216. The molecule has 1 aromatic rings. The summed E-state index contributed by atoms with van der Waals surface area (Å²) < 4.78 is 0. The highest BCUT2D eigenvalue weighted by Crippen LogP contribution is 2.07. The predicted octanol–water partition coefficient (Wildman–Crippen LogP) is 1.26. The summed E-state index contributed by atoms with van der Waals surface area (Å²) in [5.74, 6) is 0.271. The predicted molar refractivity (Wildman–Crippen MR) is 63.3 cm³/mol. The van der Waals surface area contributed by atoms with Crippen LogP contribution in [-0.2, 0) is 0 Å².